The first-order valence-corrected chi connectivity index (χ1v) is 11.0. The van der Waals surface area contributed by atoms with Gasteiger partial charge in [-0.15, -0.1) is 6.42 Å². The summed E-state index contributed by atoms with van der Waals surface area (Å²) in [6.07, 6.45) is 7.54. The van der Waals surface area contributed by atoms with Gasteiger partial charge in [0.1, 0.15) is 0 Å². The Morgan fingerprint density at radius 1 is 0.886 bits per heavy atom. The second kappa shape index (κ2) is 14.6. The van der Waals surface area contributed by atoms with E-state index in [1.807, 2.05) is 90.9 Å². The molecule has 3 rings (SSSR count). The molecule has 3 N–H and O–H groups in total. The number of nitrogens with zero attached hydrogens (tertiary/aromatic N) is 2. The number of ketones is 1. The Labute approximate surface area is 228 Å². The number of allylic oxidation sites excluding steroid dienone is 2. The van der Waals surface area contributed by atoms with Gasteiger partial charge in [-0.2, -0.15) is 0 Å². The van der Waals surface area contributed by atoms with Crippen LogP contribution >= 0.6 is 0 Å². The second-order valence-corrected chi connectivity index (χ2v) is 8.21. The first kappa shape index (κ1) is 30.3. The fraction of sp³-hybridized carbons (Fsp3) is 0.296. The molecule has 0 heterocycles. The van der Waals surface area contributed by atoms with E-state index in [-0.39, 0.29) is 47.2 Å². The van der Waals surface area contributed by atoms with Crippen molar-refractivity contribution in [1.82, 2.24) is 0 Å². The monoisotopic (exact) mass is 486 g/mol. The van der Waals surface area contributed by atoms with Gasteiger partial charge in [-0.3, -0.25) is 11.1 Å². The van der Waals surface area contributed by atoms with Crippen LogP contribution in [0.1, 0.15) is 36.8 Å². The van der Waals surface area contributed by atoms with Crippen LogP contribution in [0.15, 0.2) is 59.7 Å². The summed E-state index contributed by atoms with van der Waals surface area (Å²) in [5, 5.41) is 10.6. The van der Waals surface area contributed by atoms with E-state index in [1.54, 1.807) is 0 Å². The van der Waals surface area contributed by atoms with Crippen LogP contribution in [0.2, 0.25) is 0 Å². The van der Waals surface area contributed by atoms with Gasteiger partial charge in [0.15, 0.2) is 5.78 Å². The molecule has 1 aliphatic carbocycles. The van der Waals surface area contributed by atoms with Crippen LogP contribution in [0.4, 0.5) is 11.4 Å². The number of anilines is 2. The molecule has 0 unspecified atom stereocenters. The molecule has 0 bridgehead atoms. The largest absolute Gasteiger partial charge is 1.00 e. The van der Waals surface area contributed by atoms with Crippen LogP contribution in [0, 0.1) is 0 Å². The molecule has 35 heavy (non-hydrogen) atoms. The van der Waals surface area contributed by atoms with Crippen molar-refractivity contribution in [3.8, 4) is 0 Å². The summed E-state index contributed by atoms with van der Waals surface area (Å²) in [6, 6.07) is 15.6. The number of carbonyl (C=O) groups is 2. The Balaban J connectivity index is 0.00000306. The molecular formula is C27H31N2NaO5. The third-order valence-corrected chi connectivity index (χ3v) is 5.80. The number of hydrogen-bond acceptors (Lipinski definition) is 6. The topological polar surface area (TPSA) is 114 Å². The summed E-state index contributed by atoms with van der Waals surface area (Å²) in [5.41, 5.74) is 5.44. The van der Waals surface area contributed by atoms with E-state index in [1.165, 1.54) is 0 Å². The quantitative estimate of drug-likeness (QED) is 0.186. The summed E-state index contributed by atoms with van der Waals surface area (Å²) >= 11 is 0. The van der Waals surface area contributed by atoms with Crippen molar-refractivity contribution in [2.45, 2.75) is 25.7 Å². The number of aliphatic carboxylic acids is 1. The van der Waals surface area contributed by atoms with Crippen LogP contribution in [-0.2, 0) is 19.9 Å². The molecule has 180 valence electrons. The van der Waals surface area contributed by atoms with E-state index in [2.05, 4.69) is 0 Å². The number of hydrogen-bond donors (Lipinski definition) is 0. The minimum absolute atomic E-state index is 0. The van der Waals surface area contributed by atoms with E-state index in [0.717, 1.165) is 33.6 Å². The Morgan fingerprint density at radius 2 is 1.31 bits per heavy atom. The zero-order valence-electron chi connectivity index (χ0n) is 20.6. The van der Waals surface area contributed by atoms with Gasteiger partial charge in [-0.05, 0) is 66.9 Å². The zero-order chi connectivity index (χ0) is 23.8. The second-order valence-electron chi connectivity index (χ2n) is 8.21. The Kier molecular flexibility index (Phi) is 12.7. The Hall–Kier alpha value is -2.71. The molecule has 0 spiro atoms. The van der Waals surface area contributed by atoms with Gasteiger partial charge >= 0.3 is 29.6 Å². The van der Waals surface area contributed by atoms with Crippen molar-refractivity contribution in [2.75, 3.05) is 37.0 Å². The van der Waals surface area contributed by atoms with Gasteiger partial charge in [0.25, 0.3) is 0 Å². The van der Waals surface area contributed by atoms with Crippen LogP contribution in [0.25, 0.3) is 12.2 Å². The van der Waals surface area contributed by atoms with Gasteiger partial charge in [0.2, 0.25) is 0 Å². The predicted octanol–water partition coefficient (Wildman–Crippen LogP) is -0.889. The van der Waals surface area contributed by atoms with Gasteiger partial charge in [-0.1, -0.05) is 24.3 Å². The molecule has 2 aromatic carbocycles. The molecule has 0 amide bonds. The van der Waals surface area contributed by atoms with Gasteiger partial charge in [-0.25, -0.2) is 0 Å². The van der Waals surface area contributed by atoms with E-state index in [9.17, 15) is 19.5 Å². The summed E-state index contributed by atoms with van der Waals surface area (Å²) in [4.78, 5) is 37.8. The first-order chi connectivity index (χ1) is 15.9. The maximum Gasteiger partial charge on any atom is 1.00 e. The van der Waals surface area contributed by atoms with Crippen molar-refractivity contribution in [2.24, 2.45) is 0 Å². The van der Waals surface area contributed by atoms with Crippen LogP contribution < -0.4 is 44.5 Å². The van der Waals surface area contributed by atoms with Gasteiger partial charge in [0.05, 0.1) is 0 Å². The van der Waals surface area contributed by atoms with Gasteiger partial charge in [0, 0.05) is 55.6 Å². The van der Waals surface area contributed by atoms with Crippen molar-refractivity contribution >= 4 is 41.6 Å². The normalized spacial score (nSPS) is 14.9. The number of carbonyl (C=O) groups excluding carboxylic acids is 3. The van der Waals surface area contributed by atoms with E-state index < -0.39 is 5.97 Å². The molecule has 7 nitrogen and oxygen atoms in total. The summed E-state index contributed by atoms with van der Waals surface area (Å²) < 4.78 is 0. The molecule has 0 aromatic heterocycles. The van der Waals surface area contributed by atoms with E-state index >= 15 is 0 Å². The minimum atomic E-state index is -1.07. The van der Waals surface area contributed by atoms with Crippen LogP contribution in [0.5, 0.6) is 0 Å². The van der Waals surface area contributed by atoms with Crippen LogP contribution in [-0.4, -0.2) is 45.2 Å². The molecule has 1 saturated carbocycles. The third kappa shape index (κ3) is 8.78. The fourth-order valence-corrected chi connectivity index (χ4v) is 3.76. The molecule has 1 aliphatic rings. The maximum absolute atomic E-state index is 12.9. The molecule has 2 aromatic rings. The molecular weight excluding hydrogens is 455 g/mol. The number of rotatable bonds is 10. The summed E-state index contributed by atoms with van der Waals surface area (Å²) in [6.45, 7) is 0.998. The number of carboxylic acid groups (broad SMARTS) is 1. The predicted molar refractivity (Wildman–Crippen MR) is 134 cm³/mol. The number of Topliss-reactive ketones (excluding diaryl/α,β-unsaturated/α-hetero) is 1. The zero-order valence-corrected chi connectivity index (χ0v) is 22.6. The van der Waals surface area contributed by atoms with Gasteiger partial charge < -0.3 is 30.0 Å². The van der Waals surface area contributed by atoms with Crippen molar-refractivity contribution in [1.29, 1.82) is 0 Å². The van der Waals surface area contributed by atoms with Crippen molar-refractivity contribution in [3.05, 3.63) is 70.8 Å². The first-order valence-electron chi connectivity index (χ1n) is 11.0. The van der Waals surface area contributed by atoms with E-state index in [4.69, 9.17) is 0 Å². The molecule has 0 atom stereocenters. The average Bonchev–Trinajstić information content (AvgIpc) is 3.15. The molecule has 0 radical (unpaired) electrons. The smallest absolute Gasteiger partial charge is 0.550 e. The maximum atomic E-state index is 12.9. The van der Waals surface area contributed by atoms with Crippen molar-refractivity contribution in [3.63, 3.8) is 0 Å². The summed E-state index contributed by atoms with van der Waals surface area (Å²) in [5.74, 6) is -0.990. The summed E-state index contributed by atoms with van der Waals surface area (Å²) in [7, 11) is 3.77. The number of carboxylic acids is 1. The van der Waals surface area contributed by atoms with Crippen LogP contribution in [0.3, 0.4) is 0 Å². The standard InChI is InChI=1S/C27H29N2O4.Na.H2O/c1-28(15-3-17-30)24-10-4-20(5-11-24)18-22-8-9-23(27(22)33)19-21-6-12-25(13-7-21)29(2)16-14-26(31)32;;/h4-7,10-13,18-19H,3,8-9,14-16H2,1-2H3,(H,31,32);;1H2/q-1;+1;/b22-18+,23-19+;;. The fourth-order valence-electron chi connectivity index (χ4n) is 3.76. The van der Waals surface area contributed by atoms with E-state index in [0.29, 0.717) is 32.4 Å². The molecule has 0 aliphatic heterocycles. The molecule has 0 saturated heterocycles. The number of benzene rings is 2. The Morgan fingerprint density at radius 3 is 1.71 bits per heavy atom. The third-order valence-electron chi connectivity index (χ3n) is 5.80. The average molecular weight is 487 g/mol. The van der Waals surface area contributed by atoms with Crippen molar-refractivity contribution < 1.29 is 54.5 Å². The molecule has 1 fully saturated rings. The minimum Gasteiger partial charge on any atom is -0.550 e. The molecule has 8 heteroatoms. The Bertz CT molecular complexity index is 1060. The SMILES string of the molecule is CN(CC[C-]=O)c1ccc(/C=C2\CC/C(=C\c3ccc(N(C)CCC(=O)[O-])cc3)C2=O)cc1.[Na+].[OH3+].